The third kappa shape index (κ3) is 6.92. The maximum atomic E-state index is 12.5. The zero-order valence-electron chi connectivity index (χ0n) is 19.2. The van der Waals surface area contributed by atoms with Gasteiger partial charge < -0.3 is 24.8 Å². The van der Waals surface area contributed by atoms with E-state index in [1.807, 2.05) is 32.0 Å². The topological polar surface area (TPSA) is 85.9 Å². The largest absolute Gasteiger partial charge is 0.496 e. The van der Waals surface area contributed by atoms with Gasteiger partial charge in [0.15, 0.2) is 11.5 Å². The molecule has 176 valence electrons. The summed E-state index contributed by atoms with van der Waals surface area (Å²) in [5.74, 6) is 2.46. The Morgan fingerprint density at radius 2 is 1.73 bits per heavy atom. The second kappa shape index (κ2) is 12.2. The van der Waals surface area contributed by atoms with E-state index in [4.69, 9.17) is 14.2 Å². The number of allylic oxidation sites excluding steroid dienone is 1. The van der Waals surface area contributed by atoms with E-state index in [1.54, 1.807) is 31.2 Å². The summed E-state index contributed by atoms with van der Waals surface area (Å²) in [5, 5.41) is 5.78. The van der Waals surface area contributed by atoms with Crippen molar-refractivity contribution in [1.29, 1.82) is 0 Å². The van der Waals surface area contributed by atoms with Gasteiger partial charge in [-0.15, -0.1) is 11.8 Å². The van der Waals surface area contributed by atoms with Crippen LogP contribution in [-0.4, -0.2) is 43.9 Å². The summed E-state index contributed by atoms with van der Waals surface area (Å²) in [5.41, 5.74) is 2.20. The highest BCUT2D eigenvalue weighted by Gasteiger charge is 2.19. The van der Waals surface area contributed by atoms with Gasteiger partial charge in [-0.05, 0) is 69.2 Å². The number of hydrogen-bond acceptors (Lipinski definition) is 6. The van der Waals surface area contributed by atoms with Crippen molar-refractivity contribution in [1.82, 2.24) is 5.32 Å². The molecule has 0 fully saturated rings. The highest BCUT2D eigenvalue weighted by Crippen LogP contribution is 2.29. The van der Waals surface area contributed by atoms with Crippen LogP contribution in [0.2, 0.25) is 0 Å². The Labute approximate surface area is 198 Å². The van der Waals surface area contributed by atoms with Crippen LogP contribution in [0.4, 0.5) is 5.69 Å². The number of thioether (sulfide) groups is 1. The minimum absolute atomic E-state index is 0.168. The van der Waals surface area contributed by atoms with E-state index in [0.717, 1.165) is 17.1 Å². The molecule has 0 bridgehead atoms. The fourth-order valence-electron chi connectivity index (χ4n) is 3.30. The molecule has 0 atom stereocenters. The number of hydrogen-bond donors (Lipinski definition) is 2. The van der Waals surface area contributed by atoms with Gasteiger partial charge >= 0.3 is 0 Å². The summed E-state index contributed by atoms with van der Waals surface area (Å²) in [4.78, 5) is 25.5. The normalized spacial score (nSPS) is 13.2. The summed E-state index contributed by atoms with van der Waals surface area (Å²) in [6.07, 6.45) is 0.667. The molecule has 8 heteroatoms. The van der Waals surface area contributed by atoms with Gasteiger partial charge in [-0.2, -0.15) is 0 Å². The van der Waals surface area contributed by atoms with E-state index in [2.05, 4.69) is 10.6 Å². The molecule has 0 spiro atoms. The van der Waals surface area contributed by atoms with E-state index in [1.165, 1.54) is 11.8 Å². The first-order valence-corrected chi connectivity index (χ1v) is 12.0. The van der Waals surface area contributed by atoms with Crippen molar-refractivity contribution in [3.63, 3.8) is 0 Å². The van der Waals surface area contributed by atoms with Crippen molar-refractivity contribution < 1.29 is 23.8 Å². The molecule has 0 saturated carbocycles. The molecular formula is C25H30N2O5S. The van der Waals surface area contributed by atoms with Gasteiger partial charge in [0.1, 0.15) is 10.7 Å². The molecule has 0 aromatic heterocycles. The van der Waals surface area contributed by atoms with Crippen molar-refractivity contribution in [2.45, 2.75) is 27.2 Å². The van der Waals surface area contributed by atoms with Crippen LogP contribution in [0.5, 0.6) is 11.5 Å². The van der Waals surface area contributed by atoms with Gasteiger partial charge in [-0.3, -0.25) is 9.59 Å². The zero-order chi connectivity index (χ0) is 23.6. The number of nitrogens with one attached hydrogen (secondary N) is 2. The predicted molar refractivity (Wildman–Crippen MR) is 131 cm³/mol. The number of rotatable bonds is 10. The van der Waals surface area contributed by atoms with Gasteiger partial charge in [0.2, 0.25) is 0 Å². The van der Waals surface area contributed by atoms with Crippen molar-refractivity contribution in [3.05, 3.63) is 64.3 Å². The number of carbonyl (C=O) groups excluding carboxylic acids is 2. The second-order valence-electron chi connectivity index (χ2n) is 7.27. The quantitative estimate of drug-likeness (QED) is 0.536. The fourth-order valence-corrected chi connectivity index (χ4v) is 4.11. The molecule has 0 aliphatic carbocycles. The maximum absolute atomic E-state index is 12.5. The van der Waals surface area contributed by atoms with E-state index in [9.17, 15) is 9.59 Å². The molecule has 3 rings (SSSR count). The second-order valence-corrected chi connectivity index (χ2v) is 8.37. The summed E-state index contributed by atoms with van der Waals surface area (Å²) >= 11 is 1.48. The van der Waals surface area contributed by atoms with Crippen LogP contribution in [-0.2, 0) is 16.0 Å². The van der Waals surface area contributed by atoms with Crippen LogP contribution in [0.25, 0.3) is 0 Å². The van der Waals surface area contributed by atoms with Gasteiger partial charge in [0, 0.05) is 23.5 Å². The number of anilines is 1. The van der Waals surface area contributed by atoms with Gasteiger partial charge in [0.25, 0.3) is 11.8 Å². The van der Waals surface area contributed by atoms with E-state index >= 15 is 0 Å². The number of benzene rings is 2. The minimum atomic E-state index is -0.198. The average molecular weight is 471 g/mol. The summed E-state index contributed by atoms with van der Waals surface area (Å²) in [7, 11) is 0. The van der Waals surface area contributed by atoms with E-state index in [-0.39, 0.29) is 11.8 Å². The summed E-state index contributed by atoms with van der Waals surface area (Å²) in [6, 6.07) is 12.7. The van der Waals surface area contributed by atoms with E-state index in [0.29, 0.717) is 60.5 Å². The molecule has 0 saturated heterocycles. The maximum Gasteiger partial charge on any atom is 0.265 e. The minimum Gasteiger partial charge on any atom is -0.496 e. The van der Waals surface area contributed by atoms with Gasteiger partial charge in [-0.1, -0.05) is 6.07 Å². The van der Waals surface area contributed by atoms with Crippen molar-refractivity contribution in [2.24, 2.45) is 0 Å². The Bertz CT molecular complexity index is 1000. The third-order valence-corrected chi connectivity index (χ3v) is 6.02. The molecule has 1 heterocycles. The SMILES string of the molecule is CCOc1ccc(CCNC(=O)c2ccc(NC(=O)C3=C(C)OCCS3)cc2)cc1OCC. The smallest absolute Gasteiger partial charge is 0.265 e. The zero-order valence-corrected chi connectivity index (χ0v) is 20.1. The first-order chi connectivity index (χ1) is 16.0. The Morgan fingerprint density at radius 3 is 2.42 bits per heavy atom. The lowest BCUT2D eigenvalue weighted by Crippen LogP contribution is -2.25. The average Bonchev–Trinajstić information content (AvgIpc) is 2.81. The molecule has 2 N–H and O–H groups in total. The lowest BCUT2D eigenvalue weighted by Gasteiger charge is -2.17. The van der Waals surface area contributed by atoms with Gasteiger partial charge in [0.05, 0.1) is 19.8 Å². The Balaban J connectivity index is 1.52. The standard InChI is InChI=1S/C25H30N2O5S/c1-4-30-21-11-6-18(16-22(21)31-5-2)12-13-26-24(28)19-7-9-20(10-8-19)27-25(29)23-17(3)32-14-15-33-23/h6-11,16H,4-5,12-15H2,1-3H3,(H,26,28)(H,27,29). The first kappa shape index (κ1) is 24.5. The van der Waals surface area contributed by atoms with Crippen molar-refractivity contribution >= 4 is 29.3 Å². The van der Waals surface area contributed by atoms with Crippen LogP contribution in [0.3, 0.4) is 0 Å². The van der Waals surface area contributed by atoms with Crippen molar-refractivity contribution in [2.75, 3.05) is 37.4 Å². The number of ether oxygens (including phenoxy) is 3. The van der Waals surface area contributed by atoms with Gasteiger partial charge in [-0.25, -0.2) is 0 Å². The molecule has 0 unspecified atom stereocenters. The van der Waals surface area contributed by atoms with Crippen LogP contribution >= 0.6 is 11.8 Å². The van der Waals surface area contributed by atoms with E-state index < -0.39 is 0 Å². The molecule has 7 nitrogen and oxygen atoms in total. The summed E-state index contributed by atoms with van der Waals surface area (Å²) < 4.78 is 16.7. The van der Waals surface area contributed by atoms with Crippen LogP contribution < -0.4 is 20.1 Å². The van der Waals surface area contributed by atoms with Crippen LogP contribution in [0.15, 0.2) is 53.1 Å². The molecule has 1 aliphatic rings. The monoisotopic (exact) mass is 470 g/mol. The Morgan fingerprint density at radius 1 is 1.00 bits per heavy atom. The van der Waals surface area contributed by atoms with Crippen molar-refractivity contribution in [3.8, 4) is 11.5 Å². The van der Waals surface area contributed by atoms with Crippen LogP contribution in [0.1, 0.15) is 36.7 Å². The summed E-state index contributed by atoms with van der Waals surface area (Å²) in [6.45, 7) is 7.89. The van der Waals surface area contributed by atoms with Crippen LogP contribution in [0, 0.1) is 0 Å². The molecule has 2 aromatic rings. The lowest BCUT2D eigenvalue weighted by molar-refractivity contribution is -0.112. The Kier molecular flexibility index (Phi) is 9.06. The third-order valence-electron chi connectivity index (χ3n) is 4.89. The lowest BCUT2D eigenvalue weighted by atomic mass is 10.1. The number of amides is 2. The molecule has 2 aromatic carbocycles. The first-order valence-electron chi connectivity index (χ1n) is 11.1. The molecular weight excluding hydrogens is 440 g/mol. The Hall–Kier alpha value is -3.13. The fraction of sp³-hybridized carbons (Fsp3) is 0.360. The molecule has 1 aliphatic heterocycles. The molecule has 0 radical (unpaired) electrons. The molecule has 2 amide bonds. The highest BCUT2D eigenvalue weighted by atomic mass is 32.2. The predicted octanol–water partition coefficient (Wildman–Crippen LogP) is 4.39. The molecule has 33 heavy (non-hydrogen) atoms. The number of carbonyl (C=O) groups is 2. The highest BCUT2D eigenvalue weighted by molar-refractivity contribution is 8.04.